The molecule has 0 spiro atoms. The molecule has 0 amide bonds. The molecule has 0 N–H and O–H groups in total. The third-order valence-corrected chi connectivity index (χ3v) is 5.26. The molecule has 136 valence electrons. The van der Waals surface area contributed by atoms with Crippen molar-refractivity contribution in [3.8, 4) is 5.75 Å². The summed E-state index contributed by atoms with van der Waals surface area (Å²) in [5, 5.41) is 9.92. The molecule has 26 heavy (non-hydrogen) atoms. The third kappa shape index (κ3) is 4.37. The second-order valence-corrected chi connectivity index (χ2v) is 7.37. The van der Waals surface area contributed by atoms with Gasteiger partial charge in [0.25, 0.3) is 0 Å². The van der Waals surface area contributed by atoms with Crippen molar-refractivity contribution in [1.29, 1.82) is 0 Å². The lowest BCUT2D eigenvalue weighted by molar-refractivity contribution is 0.210. The normalized spacial score (nSPS) is 12.2. The number of rotatable bonds is 6. The number of hydrogen-bond acceptors (Lipinski definition) is 4. The van der Waals surface area contributed by atoms with Crippen LogP contribution < -0.4 is 4.74 Å². The molecule has 1 unspecified atom stereocenters. The van der Waals surface area contributed by atoms with Gasteiger partial charge in [0.05, 0.1) is 0 Å². The minimum Gasteiger partial charge on any atom is -0.482 e. The van der Waals surface area contributed by atoms with E-state index < -0.39 is 0 Å². The van der Waals surface area contributed by atoms with E-state index in [-0.39, 0.29) is 11.9 Å². The molecule has 3 aromatic rings. The van der Waals surface area contributed by atoms with E-state index in [1.807, 2.05) is 43.7 Å². The minimum absolute atomic E-state index is 0.234. The number of ether oxygens (including phenoxy) is 1. The van der Waals surface area contributed by atoms with E-state index >= 15 is 0 Å². The molecule has 1 atom stereocenters. The van der Waals surface area contributed by atoms with Crippen molar-refractivity contribution in [2.45, 2.75) is 30.9 Å². The lowest BCUT2D eigenvalue weighted by Crippen LogP contribution is -2.10. The van der Waals surface area contributed by atoms with Crippen LogP contribution in [0.5, 0.6) is 5.75 Å². The van der Waals surface area contributed by atoms with Crippen molar-refractivity contribution in [1.82, 2.24) is 14.8 Å². The molecule has 0 saturated carbocycles. The average Bonchev–Trinajstić information content (AvgIpc) is 2.96. The number of thioether (sulfide) groups is 1. The highest BCUT2D eigenvalue weighted by Gasteiger charge is 2.18. The van der Waals surface area contributed by atoms with Crippen LogP contribution in [-0.4, -0.2) is 14.8 Å². The van der Waals surface area contributed by atoms with Gasteiger partial charge in [-0.3, -0.25) is 0 Å². The fourth-order valence-electron chi connectivity index (χ4n) is 2.57. The van der Waals surface area contributed by atoms with Crippen LogP contribution in [0.25, 0.3) is 0 Å². The van der Waals surface area contributed by atoms with Crippen LogP contribution in [-0.2, 0) is 12.8 Å². The van der Waals surface area contributed by atoms with Crippen molar-refractivity contribution in [2.75, 3.05) is 0 Å². The van der Waals surface area contributed by atoms with Gasteiger partial charge in [0.2, 0.25) is 0 Å². The van der Waals surface area contributed by atoms with Crippen molar-refractivity contribution >= 4 is 23.4 Å². The Morgan fingerprint density at radius 1 is 1.23 bits per heavy atom. The maximum Gasteiger partial charge on any atom is 0.191 e. The molecule has 3 rings (SSSR count). The van der Waals surface area contributed by atoms with Crippen LogP contribution >= 0.6 is 23.4 Å². The van der Waals surface area contributed by atoms with Gasteiger partial charge in [-0.25, -0.2) is 4.39 Å². The molecule has 1 heterocycles. The number of aryl methyl sites for hydroxylation is 1. The Hall–Kier alpha value is -2.05. The maximum atomic E-state index is 13.3. The van der Waals surface area contributed by atoms with Crippen LogP contribution in [0.4, 0.5) is 4.39 Å². The summed E-state index contributed by atoms with van der Waals surface area (Å²) >= 11 is 7.49. The highest BCUT2D eigenvalue weighted by molar-refractivity contribution is 7.98. The van der Waals surface area contributed by atoms with E-state index in [4.69, 9.17) is 16.3 Å². The van der Waals surface area contributed by atoms with Crippen molar-refractivity contribution in [3.63, 3.8) is 0 Å². The molecule has 0 saturated heterocycles. The fraction of sp³-hybridized carbons (Fsp3) is 0.263. The summed E-state index contributed by atoms with van der Waals surface area (Å²) in [5.41, 5.74) is 1.87. The SMILES string of the molecule is Cc1cc(Cl)ccc1OC(C)c1nnc(SCc2cccc(F)c2)n1C. The summed E-state index contributed by atoms with van der Waals surface area (Å²) in [6.07, 6.45) is -0.268. The topological polar surface area (TPSA) is 39.9 Å². The van der Waals surface area contributed by atoms with Crippen LogP contribution in [0, 0.1) is 12.7 Å². The van der Waals surface area contributed by atoms with Gasteiger partial charge >= 0.3 is 0 Å². The zero-order valence-electron chi connectivity index (χ0n) is 14.7. The van der Waals surface area contributed by atoms with E-state index in [0.717, 1.165) is 27.9 Å². The molecule has 0 aliphatic rings. The zero-order valence-corrected chi connectivity index (χ0v) is 16.3. The predicted octanol–water partition coefficient (Wildman–Crippen LogP) is 5.35. The minimum atomic E-state index is -0.268. The number of aromatic nitrogens is 3. The van der Waals surface area contributed by atoms with Gasteiger partial charge in [0, 0.05) is 17.8 Å². The van der Waals surface area contributed by atoms with E-state index in [1.54, 1.807) is 12.1 Å². The summed E-state index contributed by atoms with van der Waals surface area (Å²) in [5.74, 6) is 1.87. The molecule has 7 heteroatoms. The summed E-state index contributed by atoms with van der Waals surface area (Å²) in [6.45, 7) is 3.88. The quantitative estimate of drug-likeness (QED) is 0.531. The average molecular weight is 392 g/mol. The number of halogens is 2. The Kier molecular flexibility index (Phi) is 5.84. The van der Waals surface area contributed by atoms with E-state index in [9.17, 15) is 4.39 Å². The van der Waals surface area contributed by atoms with Crippen LogP contribution in [0.1, 0.15) is 30.0 Å². The van der Waals surface area contributed by atoms with E-state index in [2.05, 4.69) is 10.2 Å². The number of nitrogens with zero attached hydrogens (tertiary/aromatic N) is 3. The first-order valence-corrected chi connectivity index (χ1v) is 9.49. The first-order chi connectivity index (χ1) is 12.4. The van der Waals surface area contributed by atoms with Crippen LogP contribution in [0.15, 0.2) is 47.6 Å². The molecule has 4 nitrogen and oxygen atoms in total. The summed E-state index contributed by atoms with van der Waals surface area (Å²) < 4.78 is 21.2. The first-order valence-electron chi connectivity index (χ1n) is 8.13. The highest BCUT2D eigenvalue weighted by atomic mass is 35.5. The highest BCUT2D eigenvalue weighted by Crippen LogP contribution is 2.28. The summed E-state index contributed by atoms with van der Waals surface area (Å²) in [4.78, 5) is 0. The van der Waals surface area contributed by atoms with Gasteiger partial charge in [-0.1, -0.05) is 35.5 Å². The fourth-order valence-corrected chi connectivity index (χ4v) is 3.66. The van der Waals surface area contributed by atoms with E-state index in [0.29, 0.717) is 10.8 Å². The second kappa shape index (κ2) is 8.10. The van der Waals surface area contributed by atoms with Gasteiger partial charge in [0.15, 0.2) is 17.1 Å². The summed E-state index contributed by atoms with van der Waals surface area (Å²) in [7, 11) is 1.90. The molecule has 0 aliphatic heterocycles. The second-order valence-electron chi connectivity index (χ2n) is 5.99. The van der Waals surface area contributed by atoms with Gasteiger partial charge in [-0.05, 0) is 55.3 Å². The van der Waals surface area contributed by atoms with Crippen LogP contribution in [0.2, 0.25) is 5.02 Å². The third-order valence-electron chi connectivity index (χ3n) is 3.93. The molecular weight excluding hydrogens is 373 g/mol. The van der Waals surface area contributed by atoms with Crippen molar-refractivity contribution < 1.29 is 9.13 Å². The van der Waals surface area contributed by atoms with Crippen LogP contribution in [0.3, 0.4) is 0 Å². The Labute approximate surface area is 161 Å². The molecule has 0 bridgehead atoms. The Bertz CT molecular complexity index is 916. The lowest BCUT2D eigenvalue weighted by atomic mass is 10.2. The number of hydrogen-bond donors (Lipinski definition) is 0. The summed E-state index contributed by atoms with van der Waals surface area (Å²) in [6, 6.07) is 12.1. The Balaban J connectivity index is 1.69. The standard InChI is InChI=1S/C19H19ClFN3OS/c1-12-9-15(20)7-8-17(12)25-13(2)18-22-23-19(24(18)3)26-11-14-5-4-6-16(21)10-14/h4-10,13H,11H2,1-3H3. The molecule has 2 aromatic carbocycles. The van der Waals surface area contributed by atoms with Gasteiger partial charge < -0.3 is 9.30 Å². The van der Waals surface area contributed by atoms with Crippen molar-refractivity contribution in [2.24, 2.45) is 7.05 Å². The van der Waals surface area contributed by atoms with Gasteiger partial charge in [0.1, 0.15) is 11.6 Å². The van der Waals surface area contributed by atoms with E-state index in [1.165, 1.54) is 23.9 Å². The predicted molar refractivity (Wildman–Crippen MR) is 102 cm³/mol. The maximum absolute atomic E-state index is 13.3. The largest absolute Gasteiger partial charge is 0.482 e. The molecule has 0 fully saturated rings. The smallest absolute Gasteiger partial charge is 0.191 e. The van der Waals surface area contributed by atoms with Crippen molar-refractivity contribution in [3.05, 3.63) is 70.3 Å². The molecule has 1 aromatic heterocycles. The lowest BCUT2D eigenvalue weighted by Gasteiger charge is -2.16. The monoisotopic (exact) mass is 391 g/mol. The molecule has 0 aliphatic carbocycles. The Morgan fingerprint density at radius 2 is 2.04 bits per heavy atom. The molecular formula is C19H19ClFN3OS. The van der Waals surface area contributed by atoms with Gasteiger partial charge in [-0.15, -0.1) is 10.2 Å². The zero-order chi connectivity index (χ0) is 18.7. The Morgan fingerprint density at radius 3 is 2.77 bits per heavy atom. The van der Waals surface area contributed by atoms with Gasteiger partial charge in [-0.2, -0.15) is 0 Å². The molecule has 0 radical (unpaired) electrons. The first kappa shape index (κ1) is 18.7. The number of benzene rings is 2.